The van der Waals surface area contributed by atoms with Crippen LogP contribution in [0.5, 0.6) is 0 Å². The highest BCUT2D eigenvalue weighted by Gasteiger charge is 2.46. The lowest BCUT2D eigenvalue weighted by Gasteiger charge is -2.37. The molecule has 0 radical (unpaired) electrons. The number of rotatable bonds is 9. The molecule has 2 rings (SSSR count). The molecule has 1 aliphatic heterocycles. The maximum Gasteiger partial charge on any atom is 0.335 e. The number of hydrogen-bond acceptors (Lipinski definition) is 5. The van der Waals surface area contributed by atoms with E-state index in [1.807, 2.05) is 0 Å². The molecule has 1 aromatic carbocycles. The highest BCUT2D eigenvalue weighted by atomic mass is 16.4. The Balaban J connectivity index is 2.45. The Bertz CT molecular complexity index is 653. The standard InChI is InChI=1S/C19H28N2O5/c1-3-20(4-2)10-8-14-11-15(18(25)26)5-6-16(14)21-17(24)7-9-19(21,12-22)13-23/h5-6,11,22-23H,3-4,7-10,12-13H2,1-2H3,(H,25,26). The van der Waals surface area contributed by atoms with E-state index in [9.17, 15) is 24.9 Å². The van der Waals surface area contributed by atoms with Crippen LogP contribution >= 0.6 is 0 Å². The molecule has 3 N–H and O–H groups in total. The van der Waals surface area contributed by atoms with Crippen molar-refractivity contribution in [2.24, 2.45) is 0 Å². The van der Waals surface area contributed by atoms with Crippen LogP contribution in [0.3, 0.4) is 0 Å². The van der Waals surface area contributed by atoms with Gasteiger partial charge in [-0.05, 0) is 49.7 Å². The number of anilines is 1. The number of amides is 1. The Kier molecular flexibility index (Phi) is 6.75. The zero-order valence-electron chi connectivity index (χ0n) is 15.4. The number of carbonyl (C=O) groups excluding carboxylic acids is 1. The molecule has 0 atom stereocenters. The lowest BCUT2D eigenvalue weighted by molar-refractivity contribution is -0.117. The number of likely N-dealkylation sites (N-methyl/N-ethyl adjacent to an activating group) is 1. The van der Waals surface area contributed by atoms with Gasteiger partial charge in [0, 0.05) is 18.7 Å². The van der Waals surface area contributed by atoms with Gasteiger partial charge in [-0.2, -0.15) is 0 Å². The molecule has 1 heterocycles. The van der Waals surface area contributed by atoms with Gasteiger partial charge in [0.2, 0.25) is 5.91 Å². The molecule has 0 spiro atoms. The summed E-state index contributed by atoms with van der Waals surface area (Å²) in [5.74, 6) is -1.19. The predicted molar refractivity (Wildman–Crippen MR) is 98.5 cm³/mol. The van der Waals surface area contributed by atoms with Crippen molar-refractivity contribution in [1.29, 1.82) is 0 Å². The topological polar surface area (TPSA) is 101 Å². The third-order valence-corrected chi connectivity index (χ3v) is 5.28. The molecule has 0 aromatic heterocycles. The normalized spacial score (nSPS) is 16.5. The van der Waals surface area contributed by atoms with Crippen LogP contribution < -0.4 is 4.90 Å². The van der Waals surface area contributed by atoms with Crippen LogP contribution in [0.4, 0.5) is 5.69 Å². The van der Waals surface area contributed by atoms with Gasteiger partial charge < -0.3 is 25.1 Å². The van der Waals surface area contributed by atoms with E-state index < -0.39 is 11.5 Å². The zero-order valence-corrected chi connectivity index (χ0v) is 15.4. The van der Waals surface area contributed by atoms with Crippen LogP contribution in [-0.2, 0) is 11.2 Å². The average molecular weight is 364 g/mol. The average Bonchev–Trinajstić information content (AvgIpc) is 2.99. The van der Waals surface area contributed by atoms with Gasteiger partial charge in [0.05, 0.1) is 24.3 Å². The van der Waals surface area contributed by atoms with E-state index >= 15 is 0 Å². The Hall–Kier alpha value is -1.96. The molecule has 7 nitrogen and oxygen atoms in total. The van der Waals surface area contributed by atoms with Crippen molar-refractivity contribution in [2.75, 3.05) is 37.7 Å². The number of aliphatic hydroxyl groups excluding tert-OH is 2. The minimum absolute atomic E-state index is 0.161. The Labute approximate surface area is 153 Å². The van der Waals surface area contributed by atoms with Crippen molar-refractivity contribution in [2.45, 2.75) is 38.6 Å². The van der Waals surface area contributed by atoms with Crippen LogP contribution in [-0.4, -0.2) is 70.5 Å². The maximum absolute atomic E-state index is 12.5. The molecule has 1 amide bonds. The first-order chi connectivity index (χ1) is 12.4. The highest BCUT2D eigenvalue weighted by Crippen LogP contribution is 2.37. The monoisotopic (exact) mass is 364 g/mol. The largest absolute Gasteiger partial charge is 0.478 e. The summed E-state index contributed by atoms with van der Waals surface area (Å²) < 4.78 is 0. The van der Waals surface area contributed by atoms with Crippen molar-refractivity contribution < 1.29 is 24.9 Å². The number of benzene rings is 1. The third-order valence-electron chi connectivity index (χ3n) is 5.28. The fraction of sp³-hybridized carbons (Fsp3) is 0.579. The third kappa shape index (κ3) is 3.90. The Morgan fingerprint density at radius 1 is 1.23 bits per heavy atom. The van der Waals surface area contributed by atoms with Gasteiger partial charge in [-0.15, -0.1) is 0 Å². The summed E-state index contributed by atoms with van der Waals surface area (Å²) in [5.41, 5.74) is 0.436. The highest BCUT2D eigenvalue weighted by molar-refractivity contribution is 5.99. The second kappa shape index (κ2) is 8.62. The lowest BCUT2D eigenvalue weighted by Crippen LogP contribution is -2.52. The number of aromatic carboxylic acids is 1. The van der Waals surface area contributed by atoms with E-state index in [0.29, 0.717) is 18.5 Å². The van der Waals surface area contributed by atoms with Crippen molar-refractivity contribution in [1.82, 2.24) is 4.90 Å². The fourth-order valence-corrected chi connectivity index (χ4v) is 3.52. The Morgan fingerprint density at radius 2 is 1.88 bits per heavy atom. The Morgan fingerprint density at radius 3 is 2.42 bits per heavy atom. The second-order valence-corrected chi connectivity index (χ2v) is 6.70. The summed E-state index contributed by atoms with van der Waals surface area (Å²) in [7, 11) is 0. The number of nitrogens with zero attached hydrogens (tertiary/aromatic N) is 2. The number of hydrogen-bond donors (Lipinski definition) is 3. The van der Waals surface area contributed by atoms with Crippen molar-refractivity contribution in [3.63, 3.8) is 0 Å². The van der Waals surface area contributed by atoms with E-state index in [4.69, 9.17) is 0 Å². The minimum Gasteiger partial charge on any atom is -0.478 e. The molecule has 7 heteroatoms. The van der Waals surface area contributed by atoms with E-state index in [-0.39, 0.29) is 31.1 Å². The van der Waals surface area contributed by atoms with Crippen LogP contribution in [0.2, 0.25) is 0 Å². The predicted octanol–water partition coefficient (Wildman–Crippen LogP) is 1.12. The zero-order chi connectivity index (χ0) is 19.3. The van der Waals surface area contributed by atoms with Gasteiger partial charge in [-0.1, -0.05) is 13.8 Å². The van der Waals surface area contributed by atoms with E-state index in [2.05, 4.69) is 18.7 Å². The maximum atomic E-state index is 12.5. The van der Waals surface area contributed by atoms with Crippen molar-refractivity contribution in [3.8, 4) is 0 Å². The molecule has 1 saturated heterocycles. The first kappa shape index (κ1) is 20.4. The molecule has 0 unspecified atom stereocenters. The smallest absolute Gasteiger partial charge is 0.335 e. The quantitative estimate of drug-likeness (QED) is 0.607. The second-order valence-electron chi connectivity index (χ2n) is 6.70. The van der Waals surface area contributed by atoms with E-state index in [1.165, 1.54) is 11.0 Å². The molecule has 0 bridgehead atoms. The van der Waals surface area contributed by atoms with Crippen LogP contribution in [0, 0.1) is 0 Å². The lowest BCUT2D eigenvalue weighted by atomic mass is 9.96. The number of carboxylic acids is 1. The SMILES string of the molecule is CCN(CC)CCc1cc(C(=O)O)ccc1N1C(=O)CCC1(CO)CO. The summed E-state index contributed by atoms with van der Waals surface area (Å²) in [4.78, 5) is 27.6. The molecule has 26 heavy (non-hydrogen) atoms. The molecule has 1 aromatic rings. The molecule has 0 saturated carbocycles. The molecule has 0 aliphatic carbocycles. The number of aliphatic hydroxyl groups is 2. The van der Waals surface area contributed by atoms with Crippen LogP contribution in [0.25, 0.3) is 0 Å². The summed E-state index contributed by atoms with van der Waals surface area (Å²) in [6.45, 7) is 5.93. The van der Waals surface area contributed by atoms with E-state index in [1.54, 1.807) is 12.1 Å². The summed E-state index contributed by atoms with van der Waals surface area (Å²) in [6, 6.07) is 4.67. The van der Waals surface area contributed by atoms with Gasteiger partial charge >= 0.3 is 5.97 Å². The summed E-state index contributed by atoms with van der Waals surface area (Å²) in [6.07, 6.45) is 1.20. The molecule has 1 aliphatic rings. The van der Waals surface area contributed by atoms with Crippen molar-refractivity contribution in [3.05, 3.63) is 29.3 Å². The molecular weight excluding hydrogens is 336 g/mol. The first-order valence-electron chi connectivity index (χ1n) is 9.05. The molecule has 1 fully saturated rings. The van der Waals surface area contributed by atoms with Gasteiger partial charge in [-0.25, -0.2) is 4.79 Å². The number of carboxylic acid groups (broad SMARTS) is 1. The minimum atomic E-state index is -1.04. The van der Waals surface area contributed by atoms with Crippen molar-refractivity contribution >= 4 is 17.6 Å². The van der Waals surface area contributed by atoms with Crippen LogP contribution in [0.1, 0.15) is 42.6 Å². The summed E-state index contributed by atoms with van der Waals surface area (Å²) in [5, 5.41) is 29.0. The van der Waals surface area contributed by atoms with Gasteiger partial charge in [0.1, 0.15) is 0 Å². The molecule has 144 valence electrons. The van der Waals surface area contributed by atoms with Gasteiger partial charge in [0.15, 0.2) is 0 Å². The summed E-state index contributed by atoms with van der Waals surface area (Å²) >= 11 is 0. The number of carbonyl (C=O) groups is 2. The van der Waals surface area contributed by atoms with Gasteiger partial charge in [0.25, 0.3) is 0 Å². The van der Waals surface area contributed by atoms with Crippen LogP contribution in [0.15, 0.2) is 18.2 Å². The van der Waals surface area contributed by atoms with Gasteiger partial charge in [-0.3, -0.25) is 4.79 Å². The fourth-order valence-electron chi connectivity index (χ4n) is 3.52. The molecular formula is C19H28N2O5. The first-order valence-corrected chi connectivity index (χ1v) is 9.05. The van der Waals surface area contributed by atoms with E-state index in [0.717, 1.165) is 25.2 Å².